The number of likely N-dealkylation sites (tertiary alicyclic amines) is 1. The van der Waals surface area contributed by atoms with Crippen LogP contribution in [-0.4, -0.2) is 40.1 Å². The second-order valence-corrected chi connectivity index (χ2v) is 6.36. The fraction of sp³-hybridized carbons (Fsp3) is 0.294. The summed E-state index contributed by atoms with van der Waals surface area (Å²) in [5, 5.41) is 10.2. The molecule has 1 amide bonds. The molecular weight excluding hydrogens is 360 g/mol. The first-order valence-electron chi connectivity index (χ1n) is 7.43. The van der Waals surface area contributed by atoms with Crippen molar-refractivity contribution in [1.29, 1.82) is 0 Å². The van der Waals surface area contributed by atoms with Gasteiger partial charge in [0, 0.05) is 29.7 Å². The number of carbonyl (C=O) groups is 1. The van der Waals surface area contributed by atoms with Crippen LogP contribution in [0, 0.1) is 0 Å². The second-order valence-electron chi connectivity index (χ2n) is 5.44. The summed E-state index contributed by atoms with van der Waals surface area (Å²) in [6, 6.07) is 12.6. The van der Waals surface area contributed by atoms with Crippen molar-refractivity contribution in [2.45, 2.75) is 18.6 Å². The molecule has 120 valence electrons. The average Bonchev–Trinajstić information content (AvgIpc) is 3.05. The molecule has 6 heteroatoms. The zero-order chi connectivity index (χ0) is 16.2. The maximum atomic E-state index is 12.4. The van der Waals surface area contributed by atoms with E-state index in [1.807, 2.05) is 12.1 Å². The van der Waals surface area contributed by atoms with Gasteiger partial charge < -0.3 is 14.7 Å². The van der Waals surface area contributed by atoms with Gasteiger partial charge in [0.25, 0.3) is 5.91 Å². The molecule has 3 rings (SSSR count). The van der Waals surface area contributed by atoms with E-state index >= 15 is 0 Å². The summed E-state index contributed by atoms with van der Waals surface area (Å²) in [6.45, 7) is 1.03. The smallest absolute Gasteiger partial charge is 0.256 e. The first kappa shape index (κ1) is 16.0. The summed E-state index contributed by atoms with van der Waals surface area (Å²) >= 11 is 3.33. The molecule has 0 radical (unpaired) electrons. The Morgan fingerprint density at radius 3 is 2.78 bits per heavy atom. The van der Waals surface area contributed by atoms with Crippen molar-refractivity contribution in [2.75, 3.05) is 13.1 Å². The molecule has 2 unspecified atom stereocenters. The number of carbonyl (C=O) groups excluding carboxylic acids is 1. The zero-order valence-electron chi connectivity index (χ0n) is 12.4. The SMILES string of the molecule is O=C(C(O)c1ccccc1)N1CCC(Oc2ccc(Br)cn2)C1. The van der Waals surface area contributed by atoms with Crippen molar-refractivity contribution in [1.82, 2.24) is 9.88 Å². The van der Waals surface area contributed by atoms with Gasteiger partial charge in [-0.15, -0.1) is 0 Å². The zero-order valence-corrected chi connectivity index (χ0v) is 14.0. The Labute approximate surface area is 143 Å². The molecule has 1 fully saturated rings. The van der Waals surface area contributed by atoms with Gasteiger partial charge in [-0.1, -0.05) is 30.3 Å². The van der Waals surface area contributed by atoms with Crippen LogP contribution in [0.4, 0.5) is 0 Å². The van der Waals surface area contributed by atoms with Gasteiger partial charge in [-0.05, 0) is 27.6 Å². The lowest BCUT2D eigenvalue weighted by molar-refractivity contribution is -0.139. The molecule has 2 atom stereocenters. The highest BCUT2D eigenvalue weighted by Gasteiger charge is 2.31. The van der Waals surface area contributed by atoms with Crippen molar-refractivity contribution in [3.05, 3.63) is 58.7 Å². The highest BCUT2D eigenvalue weighted by molar-refractivity contribution is 9.10. The van der Waals surface area contributed by atoms with Gasteiger partial charge in [0.2, 0.25) is 5.88 Å². The van der Waals surface area contributed by atoms with Crippen LogP contribution in [0.15, 0.2) is 53.1 Å². The Morgan fingerprint density at radius 1 is 1.30 bits per heavy atom. The highest BCUT2D eigenvalue weighted by atomic mass is 79.9. The predicted octanol–water partition coefficient (Wildman–Crippen LogP) is 2.56. The molecule has 1 aromatic heterocycles. The molecule has 23 heavy (non-hydrogen) atoms. The van der Waals surface area contributed by atoms with E-state index in [1.165, 1.54) is 0 Å². The molecule has 1 aromatic carbocycles. The van der Waals surface area contributed by atoms with Gasteiger partial charge in [0.05, 0.1) is 6.54 Å². The van der Waals surface area contributed by atoms with Gasteiger partial charge in [-0.25, -0.2) is 4.98 Å². The first-order valence-corrected chi connectivity index (χ1v) is 8.23. The molecule has 2 heterocycles. The number of aromatic nitrogens is 1. The number of rotatable bonds is 4. The topological polar surface area (TPSA) is 62.7 Å². The first-order chi connectivity index (χ1) is 11.1. The Hall–Kier alpha value is -1.92. The lowest BCUT2D eigenvalue weighted by atomic mass is 10.1. The lowest BCUT2D eigenvalue weighted by Crippen LogP contribution is -2.34. The van der Waals surface area contributed by atoms with Crippen LogP contribution < -0.4 is 4.74 Å². The minimum absolute atomic E-state index is 0.101. The number of nitrogens with zero attached hydrogens (tertiary/aromatic N) is 2. The summed E-state index contributed by atoms with van der Waals surface area (Å²) < 4.78 is 6.68. The number of halogens is 1. The van der Waals surface area contributed by atoms with Crippen molar-refractivity contribution >= 4 is 21.8 Å². The van der Waals surface area contributed by atoms with Gasteiger partial charge in [-0.3, -0.25) is 4.79 Å². The summed E-state index contributed by atoms with van der Waals surface area (Å²) in [5.74, 6) is 0.252. The van der Waals surface area contributed by atoms with Gasteiger partial charge in [-0.2, -0.15) is 0 Å². The number of pyridine rings is 1. The summed E-state index contributed by atoms with van der Waals surface area (Å²) in [7, 11) is 0. The summed E-state index contributed by atoms with van der Waals surface area (Å²) in [5.41, 5.74) is 0.608. The average molecular weight is 377 g/mol. The standard InChI is InChI=1S/C17H17BrN2O3/c18-13-6-7-15(19-10-13)23-14-8-9-20(11-14)17(22)16(21)12-4-2-1-3-5-12/h1-7,10,14,16,21H,8-9,11H2. The quantitative estimate of drug-likeness (QED) is 0.890. The second kappa shape index (κ2) is 7.10. The van der Waals surface area contributed by atoms with E-state index in [-0.39, 0.29) is 12.0 Å². The number of hydrogen-bond donors (Lipinski definition) is 1. The van der Waals surface area contributed by atoms with Crippen LogP contribution in [-0.2, 0) is 4.79 Å². The minimum Gasteiger partial charge on any atom is -0.472 e. The van der Waals surface area contributed by atoms with Crippen molar-refractivity contribution < 1.29 is 14.6 Å². The largest absolute Gasteiger partial charge is 0.472 e. The molecule has 1 saturated heterocycles. The monoisotopic (exact) mass is 376 g/mol. The Bertz CT molecular complexity index is 663. The van der Waals surface area contributed by atoms with Gasteiger partial charge >= 0.3 is 0 Å². The molecule has 0 aliphatic carbocycles. The van der Waals surface area contributed by atoms with Crippen LogP contribution in [0.2, 0.25) is 0 Å². The fourth-order valence-electron chi connectivity index (χ4n) is 2.58. The van der Waals surface area contributed by atoms with Crippen LogP contribution in [0.5, 0.6) is 5.88 Å². The highest BCUT2D eigenvalue weighted by Crippen LogP contribution is 2.22. The molecule has 2 aromatic rings. The molecule has 5 nitrogen and oxygen atoms in total. The van der Waals surface area contributed by atoms with Crippen LogP contribution >= 0.6 is 15.9 Å². The molecule has 0 saturated carbocycles. The van der Waals surface area contributed by atoms with Crippen molar-refractivity contribution in [3.8, 4) is 5.88 Å². The van der Waals surface area contributed by atoms with E-state index in [9.17, 15) is 9.90 Å². The van der Waals surface area contributed by atoms with E-state index < -0.39 is 6.10 Å². The molecule has 1 N–H and O–H groups in total. The third-order valence-electron chi connectivity index (χ3n) is 3.79. The van der Waals surface area contributed by atoms with E-state index in [0.29, 0.717) is 24.5 Å². The van der Waals surface area contributed by atoms with Crippen molar-refractivity contribution in [3.63, 3.8) is 0 Å². The van der Waals surface area contributed by atoms with Crippen LogP contribution in [0.25, 0.3) is 0 Å². The van der Waals surface area contributed by atoms with E-state index in [2.05, 4.69) is 20.9 Å². The summed E-state index contributed by atoms with van der Waals surface area (Å²) in [4.78, 5) is 18.2. The molecule has 0 bridgehead atoms. The normalized spacial score (nSPS) is 18.7. The maximum absolute atomic E-state index is 12.4. The Balaban J connectivity index is 1.58. The van der Waals surface area contributed by atoms with Crippen LogP contribution in [0.1, 0.15) is 18.1 Å². The predicted molar refractivity (Wildman–Crippen MR) is 89.0 cm³/mol. The number of aliphatic hydroxyl groups excluding tert-OH is 1. The number of hydrogen-bond acceptors (Lipinski definition) is 4. The fourth-order valence-corrected chi connectivity index (χ4v) is 2.81. The number of ether oxygens (including phenoxy) is 1. The van der Waals surface area contributed by atoms with Crippen molar-refractivity contribution in [2.24, 2.45) is 0 Å². The third kappa shape index (κ3) is 3.89. The molecular formula is C17H17BrN2O3. The van der Waals surface area contributed by atoms with E-state index in [0.717, 1.165) is 10.9 Å². The minimum atomic E-state index is -1.12. The Morgan fingerprint density at radius 2 is 2.09 bits per heavy atom. The van der Waals surface area contributed by atoms with Gasteiger partial charge in [0.15, 0.2) is 6.10 Å². The molecule has 1 aliphatic heterocycles. The molecule has 0 spiro atoms. The number of aliphatic hydroxyl groups is 1. The van der Waals surface area contributed by atoms with E-state index in [1.54, 1.807) is 41.4 Å². The number of amides is 1. The lowest BCUT2D eigenvalue weighted by Gasteiger charge is -2.20. The Kier molecular flexibility index (Phi) is 4.93. The maximum Gasteiger partial charge on any atom is 0.256 e. The summed E-state index contributed by atoms with van der Waals surface area (Å²) in [6.07, 6.45) is 1.17. The number of benzene rings is 1. The molecule has 1 aliphatic rings. The third-order valence-corrected chi connectivity index (χ3v) is 4.26. The van der Waals surface area contributed by atoms with Gasteiger partial charge in [0.1, 0.15) is 6.10 Å². The van der Waals surface area contributed by atoms with E-state index in [4.69, 9.17) is 4.74 Å². The van der Waals surface area contributed by atoms with Crippen LogP contribution in [0.3, 0.4) is 0 Å².